The van der Waals surface area contributed by atoms with Gasteiger partial charge >= 0.3 is 0 Å². The third-order valence-corrected chi connectivity index (χ3v) is 6.00. The largest absolute Gasteiger partial charge is 0.350 e. The Morgan fingerprint density at radius 2 is 1.97 bits per heavy atom. The Kier molecular flexibility index (Phi) is 5.32. The van der Waals surface area contributed by atoms with Crippen LogP contribution in [0.4, 0.5) is 0 Å². The summed E-state index contributed by atoms with van der Waals surface area (Å²) < 4.78 is 2.16. The molecule has 6 heteroatoms. The smallest absolute Gasteiger partial charge is 0.271 e. The van der Waals surface area contributed by atoms with E-state index in [1.807, 2.05) is 30.6 Å². The van der Waals surface area contributed by atoms with Gasteiger partial charge < -0.3 is 9.88 Å². The van der Waals surface area contributed by atoms with Gasteiger partial charge in [0.1, 0.15) is 11.5 Å². The van der Waals surface area contributed by atoms with Crippen molar-refractivity contribution < 1.29 is 4.79 Å². The number of hydrogen-bond donors (Lipinski definition) is 1. The molecule has 0 bridgehead atoms. The minimum absolute atomic E-state index is 0.109. The van der Waals surface area contributed by atoms with Gasteiger partial charge in [-0.15, -0.1) is 0 Å². The van der Waals surface area contributed by atoms with Crippen LogP contribution in [0.5, 0.6) is 0 Å². The van der Waals surface area contributed by atoms with Gasteiger partial charge in [0, 0.05) is 44.8 Å². The number of hydrogen-bond acceptors (Lipinski definition) is 4. The summed E-state index contributed by atoms with van der Waals surface area (Å²) in [5.41, 5.74) is 2.86. The zero-order valence-electron chi connectivity index (χ0n) is 17.1. The van der Waals surface area contributed by atoms with Gasteiger partial charge in [-0.3, -0.25) is 14.7 Å². The van der Waals surface area contributed by atoms with E-state index in [0.29, 0.717) is 12.2 Å². The van der Waals surface area contributed by atoms with Crippen molar-refractivity contribution in [2.75, 3.05) is 19.6 Å². The summed E-state index contributed by atoms with van der Waals surface area (Å²) in [5, 5.41) is 3.01. The lowest BCUT2D eigenvalue weighted by atomic mass is 10.0. The lowest BCUT2D eigenvalue weighted by Crippen LogP contribution is -2.40. The molecule has 1 saturated carbocycles. The van der Waals surface area contributed by atoms with Crippen LogP contribution in [0.2, 0.25) is 0 Å². The first-order chi connectivity index (χ1) is 14.8. The molecule has 0 saturated heterocycles. The van der Waals surface area contributed by atoms with Crippen molar-refractivity contribution in [1.82, 2.24) is 24.8 Å². The first kappa shape index (κ1) is 19.0. The van der Waals surface area contributed by atoms with E-state index in [1.54, 1.807) is 6.20 Å². The van der Waals surface area contributed by atoms with Crippen molar-refractivity contribution >= 4 is 5.91 Å². The average molecular weight is 402 g/mol. The van der Waals surface area contributed by atoms with Crippen LogP contribution in [-0.2, 0) is 13.0 Å². The number of pyridine rings is 1. The molecule has 3 heterocycles. The van der Waals surface area contributed by atoms with Gasteiger partial charge in [0.2, 0.25) is 0 Å². The minimum atomic E-state index is -0.110. The highest BCUT2D eigenvalue weighted by Crippen LogP contribution is 2.37. The second-order valence-corrected chi connectivity index (χ2v) is 8.30. The van der Waals surface area contributed by atoms with Crippen LogP contribution in [0.3, 0.4) is 0 Å². The molecule has 0 radical (unpaired) electrons. The summed E-state index contributed by atoms with van der Waals surface area (Å²) in [6.07, 6.45) is 8.93. The van der Waals surface area contributed by atoms with Crippen LogP contribution in [0.1, 0.15) is 46.3 Å². The molecule has 154 valence electrons. The lowest BCUT2D eigenvalue weighted by molar-refractivity contribution is 0.0949. The Labute approximate surface area is 177 Å². The Hall–Kier alpha value is -2.99. The molecular formula is C24H27N5O. The second kappa shape index (κ2) is 8.40. The highest BCUT2D eigenvalue weighted by Gasteiger charge is 2.35. The van der Waals surface area contributed by atoms with Crippen molar-refractivity contribution in [3.63, 3.8) is 0 Å². The van der Waals surface area contributed by atoms with E-state index in [1.165, 1.54) is 18.4 Å². The Morgan fingerprint density at radius 1 is 1.10 bits per heavy atom. The third kappa shape index (κ3) is 4.14. The van der Waals surface area contributed by atoms with E-state index in [4.69, 9.17) is 4.98 Å². The Balaban J connectivity index is 1.33. The fourth-order valence-corrected chi connectivity index (χ4v) is 4.25. The number of benzene rings is 1. The maximum atomic E-state index is 12.7. The molecule has 30 heavy (non-hydrogen) atoms. The van der Waals surface area contributed by atoms with Crippen LogP contribution >= 0.6 is 0 Å². The fraction of sp³-hybridized carbons (Fsp3) is 0.375. The van der Waals surface area contributed by atoms with Crippen LogP contribution in [0.15, 0.2) is 61.1 Å². The quantitative estimate of drug-likeness (QED) is 0.661. The maximum absolute atomic E-state index is 12.7. The van der Waals surface area contributed by atoms with Crippen LogP contribution < -0.4 is 5.32 Å². The lowest BCUT2D eigenvalue weighted by Gasteiger charge is -2.36. The van der Waals surface area contributed by atoms with Gasteiger partial charge in [0.25, 0.3) is 5.91 Å². The number of nitrogens with zero attached hydrogens (tertiary/aromatic N) is 4. The highest BCUT2D eigenvalue weighted by atomic mass is 16.1. The average Bonchev–Trinajstić information content (AvgIpc) is 3.49. The Morgan fingerprint density at radius 3 is 2.73 bits per heavy atom. The van der Waals surface area contributed by atoms with Gasteiger partial charge in [-0.2, -0.15) is 0 Å². The molecule has 5 rings (SSSR count). The Bertz CT molecular complexity index is 997. The van der Waals surface area contributed by atoms with Gasteiger partial charge in [-0.1, -0.05) is 36.4 Å². The topological polar surface area (TPSA) is 63.1 Å². The molecule has 1 aliphatic carbocycles. The van der Waals surface area contributed by atoms with Gasteiger partial charge in [0.15, 0.2) is 0 Å². The van der Waals surface area contributed by atoms with Crippen molar-refractivity contribution in [3.8, 4) is 0 Å². The number of nitrogens with one attached hydrogen (secondary N) is 1. The van der Waals surface area contributed by atoms with Crippen LogP contribution in [0, 0.1) is 5.92 Å². The predicted molar refractivity (Wildman–Crippen MR) is 115 cm³/mol. The van der Waals surface area contributed by atoms with E-state index in [-0.39, 0.29) is 11.9 Å². The molecule has 1 N–H and O–H groups in total. The van der Waals surface area contributed by atoms with E-state index >= 15 is 0 Å². The zero-order valence-corrected chi connectivity index (χ0v) is 17.1. The highest BCUT2D eigenvalue weighted by molar-refractivity contribution is 5.92. The summed E-state index contributed by atoms with van der Waals surface area (Å²) in [5.74, 6) is 1.68. The molecule has 1 aromatic carbocycles. The van der Waals surface area contributed by atoms with E-state index in [0.717, 1.165) is 43.4 Å². The van der Waals surface area contributed by atoms with Gasteiger partial charge in [-0.05, 0) is 42.4 Å². The molecule has 1 unspecified atom stereocenters. The number of carbonyl (C=O) groups excluding carboxylic acids is 1. The normalized spacial score (nSPS) is 18.7. The number of carbonyl (C=O) groups is 1. The summed E-state index contributed by atoms with van der Waals surface area (Å²) in [6.45, 7) is 3.55. The second-order valence-electron chi connectivity index (χ2n) is 8.30. The van der Waals surface area contributed by atoms with Crippen LogP contribution in [0.25, 0.3) is 0 Å². The number of amides is 1. The summed E-state index contributed by atoms with van der Waals surface area (Å²) in [6, 6.07) is 14.6. The molecule has 1 atom stereocenters. The van der Waals surface area contributed by atoms with E-state index < -0.39 is 0 Å². The van der Waals surface area contributed by atoms with Crippen molar-refractivity contribution in [2.24, 2.45) is 5.92 Å². The molecule has 2 aliphatic rings. The molecular weight excluding hydrogens is 374 g/mol. The molecule has 0 spiro atoms. The first-order valence-electron chi connectivity index (χ1n) is 10.8. The minimum Gasteiger partial charge on any atom is -0.350 e. The zero-order chi connectivity index (χ0) is 20.3. The van der Waals surface area contributed by atoms with Crippen molar-refractivity contribution in [3.05, 3.63) is 83.7 Å². The number of rotatable bonds is 7. The molecule has 1 amide bonds. The van der Waals surface area contributed by atoms with Crippen molar-refractivity contribution in [1.29, 1.82) is 0 Å². The van der Waals surface area contributed by atoms with Gasteiger partial charge in [0.05, 0.1) is 6.04 Å². The first-order valence-corrected chi connectivity index (χ1v) is 10.8. The van der Waals surface area contributed by atoms with Crippen molar-refractivity contribution in [2.45, 2.75) is 31.8 Å². The third-order valence-electron chi connectivity index (χ3n) is 6.00. The maximum Gasteiger partial charge on any atom is 0.271 e. The predicted octanol–water partition coefficient (Wildman–Crippen LogP) is 3.07. The monoisotopic (exact) mass is 401 g/mol. The molecule has 2 aromatic heterocycles. The number of aromatic nitrogens is 3. The summed E-state index contributed by atoms with van der Waals surface area (Å²) >= 11 is 0. The fourth-order valence-electron chi connectivity index (χ4n) is 4.25. The SMILES string of the molecule is O=C(NCCc1cccnc1)c1cn2c(n1)C(c1ccccc1)N(CC1CC1)CC2. The molecule has 3 aromatic rings. The standard InChI is InChI=1S/C24H27N5O/c30-24(26-12-10-18-5-4-11-25-15-18)21-17-29-14-13-28(16-19-8-9-19)22(23(29)27-21)20-6-2-1-3-7-20/h1-7,11,15,17,19,22H,8-10,12-14,16H2,(H,26,30). The number of imidazole rings is 1. The van der Waals surface area contributed by atoms with Crippen LogP contribution in [-0.4, -0.2) is 45.0 Å². The molecule has 6 nitrogen and oxygen atoms in total. The summed E-state index contributed by atoms with van der Waals surface area (Å²) in [4.78, 5) is 24.2. The number of fused-ring (bicyclic) bond motifs is 1. The van der Waals surface area contributed by atoms with Gasteiger partial charge in [-0.25, -0.2) is 4.98 Å². The molecule has 1 aliphatic heterocycles. The van der Waals surface area contributed by atoms with E-state index in [2.05, 4.69) is 44.0 Å². The molecule has 1 fully saturated rings. The summed E-state index contributed by atoms with van der Waals surface area (Å²) in [7, 11) is 0. The van der Waals surface area contributed by atoms with E-state index in [9.17, 15) is 4.79 Å².